The van der Waals surface area contributed by atoms with Gasteiger partial charge < -0.3 is 91.3 Å². The molecule has 0 aliphatic rings. The summed E-state index contributed by atoms with van der Waals surface area (Å²) in [5, 5.41) is 104. The van der Waals surface area contributed by atoms with Gasteiger partial charge in [-0.1, -0.05) is 42.8 Å². The van der Waals surface area contributed by atoms with Crippen LogP contribution in [-0.2, 0) is 11.4 Å². The molecule has 0 saturated carbocycles. The van der Waals surface area contributed by atoms with Crippen LogP contribution in [0.5, 0.6) is 0 Å². The van der Waals surface area contributed by atoms with Gasteiger partial charge in [-0.3, -0.25) is 4.79 Å². The second-order valence-corrected chi connectivity index (χ2v) is 10.2. The number of rotatable bonds is 12. The van der Waals surface area contributed by atoms with Gasteiger partial charge >= 0.3 is 12.8 Å². The third-order valence-corrected chi connectivity index (χ3v) is 5.98. The largest absolute Gasteiger partial charge is 0 e. The van der Waals surface area contributed by atoms with Crippen molar-refractivity contribution in [3.63, 3.8) is 0 Å². The summed E-state index contributed by atoms with van der Waals surface area (Å²) in [6, 6.07) is 15.5. The number of aliphatic hydroxyl groups excluding tert-OH is 12. The number of furan rings is 2. The van der Waals surface area contributed by atoms with Crippen LogP contribution >= 0.6 is 0 Å². The van der Waals surface area contributed by atoms with Gasteiger partial charge in [-0.25, -0.2) is 0 Å². The van der Waals surface area contributed by atoms with Crippen LogP contribution in [0.15, 0.2) is 57.4 Å². The fourth-order valence-electron chi connectivity index (χ4n) is 3.03. The van der Waals surface area contributed by atoms with Crippen LogP contribution in [0.3, 0.4) is 0 Å². The summed E-state index contributed by atoms with van der Waals surface area (Å²) in [5.41, 5.74) is 2.66. The fourth-order valence-corrected chi connectivity index (χ4v) is 3.03. The number of benzene rings is 1. The van der Waals surface area contributed by atoms with Crippen molar-refractivity contribution in [2.45, 2.75) is 90.6 Å². The Labute approximate surface area is 317 Å². The van der Waals surface area contributed by atoms with Gasteiger partial charge in [0, 0.05) is 2.85 Å². The van der Waals surface area contributed by atoms with E-state index < -0.39 is 68.7 Å². The Morgan fingerprint density at radius 3 is 1.13 bits per heavy atom. The minimum Gasteiger partial charge on any atom is 0 e. The van der Waals surface area contributed by atoms with Crippen molar-refractivity contribution in [2.75, 3.05) is 19.8 Å². The monoisotopic (exact) mass is 789 g/mol. The Bertz CT molecular complexity index is 1220. The zero-order valence-corrected chi connectivity index (χ0v) is 29.8. The van der Waals surface area contributed by atoms with E-state index in [1.165, 1.54) is 17.2 Å². The Morgan fingerprint density at radius 2 is 0.926 bits per heavy atom. The molecule has 19 nitrogen and oxygen atoms in total. The van der Waals surface area contributed by atoms with Gasteiger partial charge in [-0.05, 0) is 52.0 Å². The first-order valence-corrected chi connectivity index (χ1v) is 14.8. The number of terminal acetylenes is 1. The fraction of sp³-hybridized carbons (Fsp3) is 0.486. The van der Waals surface area contributed by atoms with Crippen LogP contribution in [0, 0.1) is 40.5 Å². The summed E-state index contributed by atoms with van der Waals surface area (Å²) in [5.74, 6) is 2.63. The van der Waals surface area contributed by atoms with E-state index in [9.17, 15) is 9.59 Å². The van der Waals surface area contributed by atoms with E-state index in [2.05, 4.69) is 44.5 Å². The zero-order valence-electron chi connectivity index (χ0n) is 29.8. The van der Waals surface area contributed by atoms with Gasteiger partial charge in [0.2, 0.25) is 0 Å². The van der Waals surface area contributed by atoms with Crippen LogP contribution < -0.4 is 0 Å². The molecule has 0 aliphatic heterocycles. The molecule has 0 fully saturated rings. The summed E-state index contributed by atoms with van der Waals surface area (Å²) in [6.45, 7) is 5.70. The third kappa shape index (κ3) is 29.7. The summed E-state index contributed by atoms with van der Waals surface area (Å²) < 4.78 is 9.85. The summed E-state index contributed by atoms with van der Waals surface area (Å²) >= 11 is 0. The quantitative estimate of drug-likeness (QED) is 0.0485. The summed E-state index contributed by atoms with van der Waals surface area (Å²) in [6.07, 6.45) is -3.63. The molecule has 18 N–H and O–H groups in total. The van der Waals surface area contributed by atoms with E-state index in [-0.39, 0.29) is 45.4 Å². The molecular weight excluding hydrogens is 724 g/mol. The molecule has 54 heavy (non-hydrogen) atoms. The molecule has 3 aromatic rings. The van der Waals surface area contributed by atoms with Crippen molar-refractivity contribution < 1.29 is 99.0 Å². The average molecular weight is 790 g/mol. The molecule has 8 atom stereocenters. The predicted octanol–water partition coefficient (Wildman–Crippen LogP) is -3.32. The van der Waals surface area contributed by atoms with E-state index >= 15 is 0 Å². The minimum atomic E-state index is -1.79. The topological polar surface area (TPSA) is 398 Å². The number of aldehydes is 2. The molecule has 318 valence electrons. The van der Waals surface area contributed by atoms with Gasteiger partial charge in [0.25, 0.3) is 0 Å². The molecule has 0 bridgehead atoms. The van der Waals surface area contributed by atoms with Crippen molar-refractivity contribution in [3.8, 4) is 6.42 Å². The van der Waals surface area contributed by atoms with E-state index in [0.29, 0.717) is 12.0 Å². The van der Waals surface area contributed by atoms with Crippen LogP contribution in [0.25, 0.3) is 0 Å². The predicted molar refractivity (Wildman–Crippen MR) is 199 cm³/mol. The van der Waals surface area contributed by atoms with E-state index in [1.54, 1.807) is 6.07 Å². The SMILES string of the molecule is C.Cc1ccc(C)cc1.Cc1ccc(C)o1.O.O.O.O=C[C@H](O)[C@@H](O)[C@H](O)[C@@H](O)CO.O=Cc1ccc(CO)o1.OC[C@H](O)[C@@H](O)[C@H](O)[C@@H](O)CO.[C+]#C.[HH].[HH]. The average Bonchev–Trinajstić information content (AvgIpc) is 3.79. The van der Waals surface area contributed by atoms with Crippen LogP contribution in [-0.4, -0.2) is 159 Å². The maximum absolute atomic E-state index is 9.96. The normalized spacial score (nSPS) is 13.7. The number of carbonyl (C=O) groups excluding carboxylic acids is 2. The van der Waals surface area contributed by atoms with E-state index in [0.717, 1.165) is 11.5 Å². The molecular formula is C35H65O19+. The molecule has 0 unspecified atom stereocenters. The van der Waals surface area contributed by atoms with Crippen LogP contribution in [0.4, 0.5) is 0 Å². The molecule has 0 radical (unpaired) electrons. The van der Waals surface area contributed by atoms with E-state index in [4.69, 9.17) is 76.5 Å². The van der Waals surface area contributed by atoms with Crippen LogP contribution in [0.1, 0.15) is 49.2 Å². The Morgan fingerprint density at radius 1 is 0.593 bits per heavy atom. The number of aryl methyl sites for hydroxylation is 4. The second kappa shape index (κ2) is 39.0. The third-order valence-electron chi connectivity index (χ3n) is 5.98. The first-order chi connectivity index (χ1) is 23.5. The van der Waals surface area contributed by atoms with Crippen LogP contribution in [0.2, 0.25) is 0 Å². The molecule has 1 aromatic carbocycles. The maximum atomic E-state index is 9.96. The van der Waals surface area contributed by atoms with E-state index in [1.807, 2.05) is 26.0 Å². The van der Waals surface area contributed by atoms with Gasteiger partial charge in [0.15, 0.2) is 18.3 Å². The zero-order chi connectivity index (χ0) is 39.4. The van der Waals surface area contributed by atoms with Crippen molar-refractivity contribution in [1.29, 1.82) is 0 Å². The molecule has 19 heteroatoms. The first-order valence-electron chi connectivity index (χ1n) is 14.8. The summed E-state index contributed by atoms with van der Waals surface area (Å²) in [7, 11) is 0. The molecule has 0 saturated heterocycles. The molecule has 3 rings (SSSR count). The number of hydrogen-bond acceptors (Lipinski definition) is 16. The van der Waals surface area contributed by atoms with Crippen molar-refractivity contribution in [2.24, 2.45) is 0 Å². The number of aliphatic hydroxyl groups is 12. The summed E-state index contributed by atoms with van der Waals surface area (Å²) in [4.78, 5) is 19.9. The Balaban J connectivity index is -0.0000000685. The molecule has 2 heterocycles. The standard InChI is InChI=1S/C8H10.C6H14O6.C6H12O6.C6H6O3.C6H8O.C2H.CH4.3H2O.2H2/c1-7-3-5-8(2)6-4-7;2*7-1-3(9)5(11)6(12)4(10)2-8;7-3-5-1-2-6(4-8)9-5;1-5-3-4-6(2)7-5;1-2;;;;;;/h3-6H,1-2H3;3-12H,1-2H2;1,3-6,8-12H,2H2;1-3,8H,4H2;3-4H,1-2H3;1H;1H4;3*1H2;2*1H/q;;;;;+1;;;;;;/t;2*3-,4-,5+,6+;;;;;;;;;/m.00........./s1. The van der Waals surface area contributed by atoms with Crippen molar-refractivity contribution in [3.05, 3.63) is 89.1 Å². The molecule has 0 aliphatic carbocycles. The maximum Gasteiger partial charge on any atom is 0 e. The Hall–Kier alpha value is -3.70. The second-order valence-electron chi connectivity index (χ2n) is 10.2. The van der Waals surface area contributed by atoms with Gasteiger partial charge in [-0.15, -0.1) is 0 Å². The Kier molecular flexibility index (Phi) is 47.1. The van der Waals surface area contributed by atoms with Gasteiger partial charge in [-0.2, -0.15) is 0 Å². The van der Waals surface area contributed by atoms with Crippen molar-refractivity contribution in [1.82, 2.24) is 0 Å². The number of hydrogen-bond donors (Lipinski definition) is 12. The smallest absolute Gasteiger partial charge is 0 e. The minimum absolute atomic E-state index is 0. The number of carbonyl (C=O) groups is 2. The molecule has 0 spiro atoms. The molecule has 0 amide bonds. The van der Waals surface area contributed by atoms with Crippen molar-refractivity contribution >= 4 is 12.6 Å². The first kappa shape index (κ1) is 65.2. The molecule has 2 aromatic heterocycles. The van der Waals surface area contributed by atoms with Gasteiger partial charge in [0.1, 0.15) is 72.7 Å². The van der Waals surface area contributed by atoms with Gasteiger partial charge in [0.05, 0.1) is 19.8 Å².